The van der Waals surface area contributed by atoms with Crippen molar-refractivity contribution in [2.75, 3.05) is 19.7 Å². The van der Waals surface area contributed by atoms with E-state index in [1.54, 1.807) is 17.8 Å². The zero-order valence-corrected chi connectivity index (χ0v) is 13.4. The molecule has 1 saturated heterocycles. The number of ether oxygens (including phenoxy) is 1. The fourth-order valence-electron chi connectivity index (χ4n) is 3.00. The van der Waals surface area contributed by atoms with Crippen LogP contribution in [0.25, 0.3) is 0 Å². The Morgan fingerprint density at radius 1 is 1.29 bits per heavy atom. The first-order chi connectivity index (χ1) is 11.4. The van der Waals surface area contributed by atoms with Gasteiger partial charge in [-0.3, -0.25) is 4.90 Å². The lowest BCUT2D eigenvalue weighted by Crippen LogP contribution is -2.41. The van der Waals surface area contributed by atoms with Crippen LogP contribution in [0.5, 0.6) is 0 Å². The van der Waals surface area contributed by atoms with Gasteiger partial charge in [0.05, 0.1) is 24.3 Å². The van der Waals surface area contributed by atoms with Gasteiger partial charge in [-0.2, -0.15) is 13.2 Å². The third-order valence-corrected chi connectivity index (χ3v) is 4.29. The van der Waals surface area contributed by atoms with Crippen LogP contribution in [0.3, 0.4) is 0 Å². The molecule has 2 heterocycles. The van der Waals surface area contributed by atoms with Crippen molar-refractivity contribution in [3.8, 4) is 0 Å². The Morgan fingerprint density at radius 2 is 2.04 bits per heavy atom. The summed E-state index contributed by atoms with van der Waals surface area (Å²) in [7, 11) is 1.74. The van der Waals surface area contributed by atoms with Gasteiger partial charge in [0.1, 0.15) is 0 Å². The van der Waals surface area contributed by atoms with Crippen molar-refractivity contribution >= 4 is 0 Å². The Bertz CT molecular complexity index is 702. The maximum Gasteiger partial charge on any atom is 0.416 e. The number of aryl methyl sites for hydroxylation is 1. The van der Waals surface area contributed by atoms with Gasteiger partial charge in [-0.15, -0.1) is 5.10 Å². The Hall–Kier alpha value is -2.00. The van der Waals surface area contributed by atoms with E-state index in [9.17, 15) is 13.2 Å². The number of benzene rings is 1. The summed E-state index contributed by atoms with van der Waals surface area (Å²) in [6.07, 6.45) is -5.04. The lowest BCUT2D eigenvalue weighted by Gasteiger charge is -2.37. The molecule has 0 saturated carbocycles. The Kier molecular flexibility index (Phi) is 4.55. The summed E-state index contributed by atoms with van der Waals surface area (Å²) in [5.74, 6) is 0.666. The van der Waals surface area contributed by atoms with Crippen LogP contribution >= 0.6 is 0 Å². The average Bonchev–Trinajstić information content (AvgIpc) is 2.99. The molecule has 1 aliphatic rings. The SMILES string of the molecule is CC(c1nnnn1C)N1CCOC(c2ccccc2C(F)(F)F)C1. The van der Waals surface area contributed by atoms with Crippen molar-refractivity contribution in [3.05, 3.63) is 41.2 Å². The molecule has 1 aromatic carbocycles. The fourth-order valence-corrected chi connectivity index (χ4v) is 3.00. The summed E-state index contributed by atoms with van der Waals surface area (Å²) in [4.78, 5) is 2.03. The first-order valence-electron chi connectivity index (χ1n) is 7.62. The van der Waals surface area contributed by atoms with Crippen molar-refractivity contribution in [3.63, 3.8) is 0 Å². The van der Waals surface area contributed by atoms with Gasteiger partial charge in [0.15, 0.2) is 5.82 Å². The molecule has 2 atom stereocenters. The van der Waals surface area contributed by atoms with Crippen LogP contribution in [0.4, 0.5) is 13.2 Å². The zero-order chi connectivity index (χ0) is 17.3. The fraction of sp³-hybridized carbons (Fsp3) is 0.533. The van der Waals surface area contributed by atoms with Crippen LogP contribution in [0.15, 0.2) is 24.3 Å². The average molecular weight is 341 g/mol. The molecule has 0 amide bonds. The van der Waals surface area contributed by atoms with Gasteiger partial charge >= 0.3 is 6.18 Å². The molecule has 1 aromatic heterocycles. The van der Waals surface area contributed by atoms with Crippen LogP contribution in [-0.2, 0) is 18.0 Å². The maximum absolute atomic E-state index is 13.2. The molecule has 2 unspecified atom stereocenters. The number of alkyl halides is 3. The second-order valence-corrected chi connectivity index (χ2v) is 5.78. The first kappa shape index (κ1) is 16.8. The molecule has 3 rings (SSSR count). The molecule has 0 bridgehead atoms. The van der Waals surface area contributed by atoms with Crippen molar-refractivity contribution in [1.82, 2.24) is 25.1 Å². The number of hydrogen-bond acceptors (Lipinski definition) is 5. The predicted octanol–water partition coefficient (Wildman–Crippen LogP) is 2.36. The second kappa shape index (κ2) is 6.48. The van der Waals surface area contributed by atoms with Crippen LogP contribution in [0, 0.1) is 0 Å². The maximum atomic E-state index is 13.2. The lowest BCUT2D eigenvalue weighted by molar-refractivity contribution is -0.140. The minimum Gasteiger partial charge on any atom is -0.371 e. The van der Waals surface area contributed by atoms with Gasteiger partial charge in [0.2, 0.25) is 0 Å². The molecule has 0 spiro atoms. The summed E-state index contributed by atoms with van der Waals surface area (Å²) >= 11 is 0. The van der Waals surface area contributed by atoms with Gasteiger partial charge in [0, 0.05) is 20.1 Å². The summed E-state index contributed by atoms with van der Waals surface area (Å²) in [5.41, 5.74) is -0.484. The molecule has 1 aliphatic heterocycles. The van der Waals surface area contributed by atoms with Crippen molar-refractivity contribution in [2.45, 2.75) is 25.2 Å². The van der Waals surface area contributed by atoms with E-state index in [1.807, 2.05) is 11.8 Å². The normalized spacial score (nSPS) is 21.0. The van der Waals surface area contributed by atoms with E-state index in [2.05, 4.69) is 15.5 Å². The second-order valence-electron chi connectivity index (χ2n) is 5.78. The molecular formula is C15H18F3N5O. The number of halogens is 3. The van der Waals surface area contributed by atoms with E-state index < -0.39 is 17.8 Å². The number of hydrogen-bond donors (Lipinski definition) is 0. The predicted molar refractivity (Wildman–Crippen MR) is 78.9 cm³/mol. The quantitative estimate of drug-likeness (QED) is 0.858. The van der Waals surface area contributed by atoms with Crippen LogP contribution in [0.1, 0.15) is 36.0 Å². The molecular weight excluding hydrogens is 323 g/mol. The van der Waals surface area contributed by atoms with Gasteiger partial charge in [0.25, 0.3) is 0 Å². The zero-order valence-electron chi connectivity index (χ0n) is 13.4. The molecule has 2 aromatic rings. The molecule has 0 aliphatic carbocycles. The van der Waals surface area contributed by atoms with E-state index in [0.717, 1.165) is 6.07 Å². The van der Waals surface area contributed by atoms with E-state index in [1.165, 1.54) is 12.1 Å². The van der Waals surface area contributed by atoms with Crippen LogP contribution < -0.4 is 0 Å². The van der Waals surface area contributed by atoms with Gasteiger partial charge in [-0.1, -0.05) is 18.2 Å². The highest BCUT2D eigenvalue weighted by Gasteiger charge is 2.37. The summed E-state index contributed by atoms with van der Waals surface area (Å²) in [6.45, 7) is 3.25. The van der Waals surface area contributed by atoms with Crippen molar-refractivity contribution in [1.29, 1.82) is 0 Å². The standard InChI is InChI=1S/C15H18F3N5O/c1-10(14-19-20-21-22(14)2)23-7-8-24-13(9-23)11-5-3-4-6-12(11)15(16,17)18/h3-6,10,13H,7-9H2,1-2H3. The highest BCUT2D eigenvalue weighted by atomic mass is 19.4. The third kappa shape index (κ3) is 3.27. The molecule has 24 heavy (non-hydrogen) atoms. The number of aromatic nitrogens is 4. The third-order valence-electron chi connectivity index (χ3n) is 4.29. The van der Waals surface area contributed by atoms with Gasteiger partial charge < -0.3 is 4.74 Å². The van der Waals surface area contributed by atoms with Crippen molar-refractivity contribution < 1.29 is 17.9 Å². The Labute approximate surface area is 137 Å². The number of rotatable bonds is 3. The largest absolute Gasteiger partial charge is 0.416 e. The smallest absolute Gasteiger partial charge is 0.371 e. The van der Waals surface area contributed by atoms with Gasteiger partial charge in [-0.05, 0) is 29.0 Å². The number of morpholine rings is 1. The molecule has 1 fully saturated rings. The van der Waals surface area contributed by atoms with E-state index in [-0.39, 0.29) is 11.6 Å². The topological polar surface area (TPSA) is 56.1 Å². The van der Waals surface area contributed by atoms with E-state index in [0.29, 0.717) is 25.5 Å². The first-order valence-corrected chi connectivity index (χ1v) is 7.62. The molecule has 6 nitrogen and oxygen atoms in total. The highest BCUT2D eigenvalue weighted by Crippen LogP contribution is 2.37. The van der Waals surface area contributed by atoms with Gasteiger partial charge in [-0.25, -0.2) is 4.68 Å². The molecule has 130 valence electrons. The highest BCUT2D eigenvalue weighted by molar-refractivity contribution is 5.32. The summed E-state index contributed by atoms with van der Waals surface area (Å²) in [5, 5.41) is 11.4. The van der Waals surface area contributed by atoms with E-state index >= 15 is 0 Å². The van der Waals surface area contributed by atoms with Crippen LogP contribution in [-0.4, -0.2) is 44.8 Å². The number of nitrogens with zero attached hydrogens (tertiary/aromatic N) is 5. The number of tetrazole rings is 1. The van der Waals surface area contributed by atoms with Crippen LogP contribution in [0.2, 0.25) is 0 Å². The summed E-state index contributed by atoms with van der Waals surface area (Å²) < 4.78 is 46.9. The van der Waals surface area contributed by atoms with E-state index in [4.69, 9.17) is 4.74 Å². The monoisotopic (exact) mass is 341 g/mol. The van der Waals surface area contributed by atoms with Crippen molar-refractivity contribution in [2.24, 2.45) is 7.05 Å². The minimum absolute atomic E-state index is 0.116. The Balaban J connectivity index is 1.83. The molecule has 9 heteroatoms. The molecule has 0 N–H and O–H groups in total. The minimum atomic E-state index is -4.40. The lowest BCUT2D eigenvalue weighted by atomic mass is 10.00. The Morgan fingerprint density at radius 3 is 2.71 bits per heavy atom. The summed E-state index contributed by atoms with van der Waals surface area (Å²) in [6, 6.07) is 5.44. The molecule has 0 radical (unpaired) electrons.